The van der Waals surface area contributed by atoms with Gasteiger partial charge in [-0.05, 0) is 6.42 Å². The Labute approximate surface area is 311 Å². The maximum Gasteiger partial charge on any atom is 0.187 e. The van der Waals surface area contributed by atoms with Crippen molar-refractivity contribution in [3.63, 3.8) is 0 Å². The van der Waals surface area contributed by atoms with Gasteiger partial charge in [0.1, 0.15) is 91.6 Å². The van der Waals surface area contributed by atoms with E-state index in [2.05, 4.69) is 6.92 Å². The third kappa shape index (κ3) is 10.1. The molecule has 5 heterocycles. The largest absolute Gasteiger partial charge is 0.394 e. The number of ether oxygens (including phenoxy) is 10. The average molecular weight is 791 g/mol. The van der Waals surface area contributed by atoms with Crippen LogP contribution in [0.1, 0.15) is 45.4 Å². The predicted octanol–water partition coefficient (Wildman–Crippen LogP) is -5.34. The van der Waals surface area contributed by atoms with E-state index in [0.717, 1.165) is 32.1 Å². The Hall–Kier alpha value is -0.840. The van der Waals surface area contributed by atoms with E-state index >= 15 is 0 Å². The molecule has 0 spiro atoms. The first kappa shape index (κ1) is 44.3. The molecule has 316 valence electrons. The van der Waals surface area contributed by atoms with Crippen LogP contribution < -0.4 is 0 Å². The molecule has 21 nitrogen and oxygen atoms in total. The highest BCUT2D eigenvalue weighted by molar-refractivity contribution is 4.96. The van der Waals surface area contributed by atoms with Crippen molar-refractivity contribution in [3.05, 3.63) is 0 Å². The van der Waals surface area contributed by atoms with Gasteiger partial charge in [0.25, 0.3) is 0 Å². The van der Waals surface area contributed by atoms with E-state index in [1.54, 1.807) is 0 Å². The highest BCUT2D eigenvalue weighted by atomic mass is 16.8. The van der Waals surface area contributed by atoms with Crippen molar-refractivity contribution < 1.29 is 104 Å². The maximum atomic E-state index is 11.4. The maximum absolute atomic E-state index is 11.4. The number of unbranched alkanes of at least 4 members (excludes halogenated alkanes) is 5. The Kier molecular flexibility index (Phi) is 17.0. The number of aliphatic hydroxyl groups excluding tert-OH is 11. The van der Waals surface area contributed by atoms with Gasteiger partial charge in [-0.3, -0.25) is 0 Å². The Bertz CT molecular complexity index is 1090. The molecule has 0 aromatic carbocycles. The first-order chi connectivity index (χ1) is 26.0. The molecular formula is C33H58O21. The minimum Gasteiger partial charge on any atom is -0.394 e. The lowest BCUT2D eigenvalue weighted by molar-refractivity contribution is -0.270. The van der Waals surface area contributed by atoms with Crippen LogP contribution in [-0.2, 0) is 47.4 Å². The summed E-state index contributed by atoms with van der Waals surface area (Å²) < 4.78 is 57.6. The van der Waals surface area contributed by atoms with Crippen molar-refractivity contribution in [2.24, 2.45) is 0 Å². The lowest BCUT2D eigenvalue weighted by Gasteiger charge is -2.30. The molecule has 5 aliphatic rings. The summed E-state index contributed by atoms with van der Waals surface area (Å²) in [4.78, 5) is 0. The molecule has 0 amide bonds. The molecule has 0 radical (unpaired) electrons. The number of hydrogen-bond acceptors (Lipinski definition) is 21. The van der Waals surface area contributed by atoms with E-state index in [-0.39, 0.29) is 6.61 Å². The molecule has 5 rings (SSSR count). The minimum atomic E-state index is -1.63. The average Bonchev–Trinajstić information content (AvgIpc) is 3.90. The van der Waals surface area contributed by atoms with Gasteiger partial charge in [-0.15, -0.1) is 0 Å². The van der Waals surface area contributed by atoms with Crippen molar-refractivity contribution in [2.75, 3.05) is 39.6 Å². The molecule has 0 saturated carbocycles. The second-order valence-corrected chi connectivity index (χ2v) is 14.2. The van der Waals surface area contributed by atoms with Crippen LogP contribution >= 0.6 is 0 Å². The van der Waals surface area contributed by atoms with Gasteiger partial charge in [0.2, 0.25) is 0 Å². The first-order valence-electron chi connectivity index (χ1n) is 18.6. The van der Waals surface area contributed by atoms with Crippen LogP contribution in [0.25, 0.3) is 0 Å². The summed E-state index contributed by atoms with van der Waals surface area (Å²) in [6.07, 6.45) is -22.4. The Morgan fingerprint density at radius 3 is 1.33 bits per heavy atom. The van der Waals surface area contributed by atoms with Gasteiger partial charge < -0.3 is 104 Å². The van der Waals surface area contributed by atoms with Crippen LogP contribution in [0.5, 0.6) is 0 Å². The zero-order valence-electron chi connectivity index (χ0n) is 30.0. The van der Waals surface area contributed by atoms with Crippen LogP contribution in [-0.4, -0.2) is 219 Å². The number of aliphatic hydroxyl groups is 11. The molecule has 5 aliphatic heterocycles. The molecule has 0 aromatic rings. The lowest BCUT2D eigenvalue weighted by atomic mass is 10.1. The highest BCUT2D eigenvalue weighted by Crippen LogP contribution is 2.36. The summed E-state index contributed by atoms with van der Waals surface area (Å²) in [5.41, 5.74) is 0. The van der Waals surface area contributed by atoms with Gasteiger partial charge >= 0.3 is 0 Å². The van der Waals surface area contributed by atoms with E-state index in [0.29, 0.717) is 6.42 Å². The molecule has 21 heteroatoms. The van der Waals surface area contributed by atoms with Gasteiger partial charge in [0, 0.05) is 6.61 Å². The summed E-state index contributed by atoms with van der Waals surface area (Å²) >= 11 is 0. The SMILES string of the molecule is CCCCCCCCO[C@H]1O[C@H](CO[C@H]2O[C@H](CO)[C@@H](O)[C@@H]2O[C@@H]2O[C@H](CO)[C@@H](O)[C@@H]2O)[C@@H](O[C@H]2O[C@H](CO)[C@@H](O)[C@@H]2O[C@@H]2O[C@H](CO)[C@@H](O)[C@@H]2O)[C@@H]1O. The molecule has 0 unspecified atom stereocenters. The first-order valence-corrected chi connectivity index (χ1v) is 18.6. The monoisotopic (exact) mass is 790 g/mol. The van der Waals surface area contributed by atoms with Gasteiger partial charge in [-0.2, -0.15) is 0 Å². The van der Waals surface area contributed by atoms with E-state index in [1.165, 1.54) is 0 Å². The zero-order chi connectivity index (χ0) is 39.1. The van der Waals surface area contributed by atoms with Crippen LogP contribution in [0.4, 0.5) is 0 Å². The second-order valence-electron chi connectivity index (χ2n) is 14.2. The van der Waals surface area contributed by atoms with Crippen molar-refractivity contribution in [2.45, 2.75) is 168 Å². The standard InChI is InChI=1S/C33H58O21/c1-2-3-4-5-6-7-8-45-29-25(44)26(52-33-28(22(41)17(12-37)50-33)54-31-24(43)20(39)15(10-35)48-31)18(51-29)13-46-32-27(21(40)16(11-36)49-32)53-30-23(42)19(38)14(9-34)47-30/h14-44H,2-13H2,1H3/t14-,15-,16-,17-,18-,19-,20-,21-,22-,23+,24+,25+,26-,27+,28+,29+,30+,31+,32+,33-/m1/s1. The molecule has 5 fully saturated rings. The summed E-state index contributed by atoms with van der Waals surface area (Å²) in [6, 6.07) is 0. The van der Waals surface area contributed by atoms with E-state index in [1.807, 2.05) is 0 Å². The molecule has 20 atom stereocenters. The van der Waals surface area contributed by atoms with E-state index < -0.39 is 156 Å². The quantitative estimate of drug-likeness (QED) is 0.0484. The smallest absolute Gasteiger partial charge is 0.187 e. The van der Waals surface area contributed by atoms with E-state index in [9.17, 15) is 56.2 Å². The van der Waals surface area contributed by atoms with Crippen molar-refractivity contribution in [3.8, 4) is 0 Å². The van der Waals surface area contributed by atoms with Gasteiger partial charge in [-0.25, -0.2) is 0 Å². The fourth-order valence-corrected chi connectivity index (χ4v) is 7.08. The summed E-state index contributed by atoms with van der Waals surface area (Å²) in [6.45, 7) is -0.694. The fourth-order valence-electron chi connectivity index (χ4n) is 7.08. The minimum absolute atomic E-state index is 0.229. The second kappa shape index (κ2) is 20.7. The molecule has 11 N–H and O–H groups in total. The van der Waals surface area contributed by atoms with Crippen molar-refractivity contribution >= 4 is 0 Å². The number of hydrogen-bond donors (Lipinski definition) is 11. The third-order valence-electron chi connectivity index (χ3n) is 10.3. The lowest BCUT2D eigenvalue weighted by Crippen LogP contribution is -2.47. The fraction of sp³-hybridized carbons (Fsp3) is 1.00. The third-order valence-corrected chi connectivity index (χ3v) is 10.3. The Morgan fingerprint density at radius 2 is 0.815 bits per heavy atom. The van der Waals surface area contributed by atoms with Crippen LogP contribution in [0.3, 0.4) is 0 Å². The molecule has 0 bridgehead atoms. The van der Waals surface area contributed by atoms with Gasteiger partial charge in [0.05, 0.1) is 33.0 Å². The molecule has 0 aliphatic carbocycles. The molecule has 54 heavy (non-hydrogen) atoms. The van der Waals surface area contributed by atoms with Gasteiger partial charge in [-0.1, -0.05) is 39.0 Å². The van der Waals surface area contributed by atoms with Crippen molar-refractivity contribution in [1.82, 2.24) is 0 Å². The molecule has 0 aromatic heterocycles. The Balaban J connectivity index is 1.29. The number of rotatable bonds is 21. The van der Waals surface area contributed by atoms with E-state index in [4.69, 9.17) is 47.4 Å². The Morgan fingerprint density at radius 1 is 0.389 bits per heavy atom. The highest BCUT2D eigenvalue weighted by Gasteiger charge is 2.56. The summed E-state index contributed by atoms with van der Waals surface area (Å²) in [5.74, 6) is 0. The summed E-state index contributed by atoms with van der Waals surface area (Å²) in [5, 5.41) is 113. The van der Waals surface area contributed by atoms with Crippen LogP contribution in [0.2, 0.25) is 0 Å². The van der Waals surface area contributed by atoms with Gasteiger partial charge in [0.15, 0.2) is 31.5 Å². The zero-order valence-corrected chi connectivity index (χ0v) is 30.0. The summed E-state index contributed by atoms with van der Waals surface area (Å²) in [7, 11) is 0. The molecule has 5 saturated heterocycles. The predicted molar refractivity (Wildman–Crippen MR) is 174 cm³/mol. The van der Waals surface area contributed by atoms with Crippen molar-refractivity contribution in [1.29, 1.82) is 0 Å². The van der Waals surface area contributed by atoms with Crippen LogP contribution in [0.15, 0.2) is 0 Å². The normalized spacial score (nSPS) is 46.7. The molecular weight excluding hydrogens is 732 g/mol. The topological polar surface area (TPSA) is 315 Å². The van der Waals surface area contributed by atoms with Crippen LogP contribution in [0, 0.1) is 0 Å².